The molecule has 0 aliphatic heterocycles. The summed E-state index contributed by atoms with van der Waals surface area (Å²) < 4.78 is 0. The van der Waals surface area contributed by atoms with Crippen molar-refractivity contribution in [2.24, 2.45) is 0 Å². The van der Waals surface area contributed by atoms with Gasteiger partial charge in [0.2, 0.25) is 0 Å². The summed E-state index contributed by atoms with van der Waals surface area (Å²) in [5.74, 6) is 0.301. The van der Waals surface area contributed by atoms with Crippen molar-refractivity contribution in [3.8, 4) is 22.9 Å². The Balaban J connectivity index is 2.88. The smallest absolute Gasteiger partial charge is 0.170 e. The molecule has 22 heavy (non-hydrogen) atoms. The maximum Gasteiger partial charge on any atom is 0.170 e. The van der Waals surface area contributed by atoms with Crippen LogP contribution in [-0.4, -0.2) is 25.2 Å². The normalized spacial score (nSPS) is 12.5. The average Bonchev–Trinajstić information content (AvgIpc) is 2.37. The second-order valence-corrected chi connectivity index (χ2v) is 7.51. The van der Waals surface area contributed by atoms with Crippen LogP contribution in [0.3, 0.4) is 0 Å². The topological polar surface area (TPSA) is 79.1 Å². The van der Waals surface area contributed by atoms with E-state index in [0.717, 1.165) is 11.1 Å². The van der Waals surface area contributed by atoms with Crippen LogP contribution < -0.4 is 0 Å². The number of aromatic nitrogens is 3. The van der Waals surface area contributed by atoms with Crippen LogP contribution in [0.2, 0.25) is 0 Å². The van der Waals surface area contributed by atoms with E-state index in [-0.39, 0.29) is 33.7 Å². The maximum absolute atomic E-state index is 10.7. The molecule has 0 aliphatic carbocycles. The van der Waals surface area contributed by atoms with Gasteiger partial charge >= 0.3 is 0 Å². The third-order valence-corrected chi connectivity index (χ3v) is 3.61. The standard InChI is InChI=1S/C17H23N3O2/c1-16(2,3)10-7-11(17(4,5)6)14(22)12(13(10)21)15-19-8-18-9-20-15/h7-9,21-22H,1-6H3. The summed E-state index contributed by atoms with van der Waals surface area (Å²) in [5, 5.41) is 21.4. The number of aromatic hydroxyl groups is 2. The van der Waals surface area contributed by atoms with Gasteiger partial charge in [-0.25, -0.2) is 15.0 Å². The third kappa shape index (κ3) is 2.89. The highest BCUT2D eigenvalue weighted by atomic mass is 16.3. The van der Waals surface area contributed by atoms with Gasteiger partial charge in [0.25, 0.3) is 0 Å². The lowest BCUT2D eigenvalue weighted by atomic mass is 9.78. The van der Waals surface area contributed by atoms with Gasteiger partial charge in [-0.05, 0) is 16.9 Å². The highest BCUT2D eigenvalue weighted by Gasteiger charge is 2.30. The van der Waals surface area contributed by atoms with Crippen molar-refractivity contribution in [1.29, 1.82) is 0 Å². The fourth-order valence-electron chi connectivity index (χ4n) is 2.39. The number of rotatable bonds is 1. The number of benzene rings is 1. The SMILES string of the molecule is CC(C)(C)c1cc(C(C)(C)C)c(O)c(-c2ncncn2)c1O. The first-order valence-electron chi connectivity index (χ1n) is 7.25. The Hall–Kier alpha value is -2.17. The van der Waals surface area contributed by atoms with Gasteiger partial charge in [-0.15, -0.1) is 0 Å². The zero-order valence-electron chi connectivity index (χ0n) is 14.0. The quantitative estimate of drug-likeness (QED) is 0.842. The minimum atomic E-state index is -0.278. The monoisotopic (exact) mass is 301 g/mol. The Morgan fingerprint density at radius 3 is 1.55 bits per heavy atom. The summed E-state index contributed by atoms with van der Waals surface area (Å²) in [6, 6.07) is 1.87. The lowest BCUT2D eigenvalue weighted by Crippen LogP contribution is -2.17. The van der Waals surface area contributed by atoms with Crippen molar-refractivity contribution in [2.75, 3.05) is 0 Å². The van der Waals surface area contributed by atoms with Gasteiger partial charge in [-0.1, -0.05) is 41.5 Å². The van der Waals surface area contributed by atoms with Crippen LogP contribution in [0.25, 0.3) is 11.4 Å². The van der Waals surface area contributed by atoms with Gasteiger partial charge < -0.3 is 10.2 Å². The van der Waals surface area contributed by atoms with Gasteiger partial charge in [-0.3, -0.25) is 0 Å². The Bertz CT molecular complexity index is 646. The van der Waals surface area contributed by atoms with Crippen molar-refractivity contribution in [3.05, 3.63) is 29.8 Å². The molecule has 0 unspecified atom stereocenters. The Labute approximate surface area is 131 Å². The molecule has 118 valence electrons. The van der Waals surface area contributed by atoms with E-state index in [0.29, 0.717) is 0 Å². The Kier molecular flexibility index (Phi) is 3.85. The van der Waals surface area contributed by atoms with Crippen LogP contribution in [0.1, 0.15) is 52.7 Å². The summed E-state index contributed by atoms with van der Waals surface area (Å²) >= 11 is 0. The molecule has 0 amide bonds. The molecule has 0 aliphatic rings. The van der Waals surface area contributed by atoms with Crippen LogP contribution in [0.15, 0.2) is 18.7 Å². The van der Waals surface area contributed by atoms with Crippen molar-refractivity contribution in [2.45, 2.75) is 52.4 Å². The predicted molar refractivity (Wildman–Crippen MR) is 86.0 cm³/mol. The van der Waals surface area contributed by atoms with Gasteiger partial charge in [0.05, 0.1) is 0 Å². The molecule has 0 saturated heterocycles. The molecule has 2 aromatic rings. The summed E-state index contributed by atoms with van der Waals surface area (Å²) in [6.07, 6.45) is 2.70. The largest absolute Gasteiger partial charge is 0.507 e. The molecule has 0 atom stereocenters. The molecule has 1 aromatic heterocycles. The second-order valence-electron chi connectivity index (χ2n) is 7.51. The first kappa shape index (κ1) is 16.2. The molecule has 1 heterocycles. The van der Waals surface area contributed by atoms with E-state index in [4.69, 9.17) is 0 Å². The van der Waals surface area contributed by atoms with Crippen LogP contribution in [-0.2, 0) is 10.8 Å². The fourth-order valence-corrected chi connectivity index (χ4v) is 2.39. The van der Waals surface area contributed by atoms with Crippen molar-refractivity contribution >= 4 is 0 Å². The van der Waals surface area contributed by atoms with Gasteiger partial charge in [0.1, 0.15) is 29.7 Å². The van der Waals surface area contributed by atoms with Crippen molar-refractivity contribution in [3.63, 3.8) is 0 Å². The van der Waals surface area contributed by atoms with Gasteiger partial charge in [0, 0.05) is 11.1 Å². The molecule has 2 rings (SSSR count). The molecule has 5 heteroatoms. The molecular weight excluding hydrogens is 278 g/mol. The second kappa shape index (κ2) is 5.23. The fraction of sp³-hybridized carbons (Fsp3) is 0.471. The summed E-state index contributed by atoms with van der Waals surface area (Å²) in [4.78, 5) is 11.9. The molecule has 0 fully saturated rings. The average molecular weight is 301 g/mol. The number of hydrogen-bond donors (Lipinski definition) is 2. The van der Waals surface area contributed by atoms with Crippen LogP contribution in [0.5, 0.6) is 11.5 Å². The summed E-state index contributed by atoms with van der Waals surface area (Å²) in [5.41, 5.74) is 1.22. The lowest BCUT2D eigenvalue weighted by Gasteiger charge is -2.28. The number of hydrogen-bond acceptors (Lipinski definition) is 5. The van der Waals surface area contributed by atoms with E-state index in [9.17, 15) is 10.2 Å². The minimum absolute atomic E-state index is 0.0178. The molecule has 0 saturated carbocycles. The molecule has 2 N–H and O–H groups in total. The number of phenolic OH excluding ortho intramolecular Hbond substituents is 2. The van der Waals surface area contributed by atoms with E-state index in [2.05, 4.69) is 15.0 Å². The summed E-state index contributed by atoms with van der Waals surface area (Å²) in [6.45, 7) is 12.1. The van der Waals surface area contributed by atoms with E-state index >= 15 is 0 Å². The zero-order chi connectivity index (χ0) is 16.7. The molecule has 5 nitrogen and oxygen atoms in total. The number of nitrogens with zero attached hydrogens (tertiary/aromatic N) is 3. The Morgan fingerprint density at radius 2 is 1.18 bits per heavy atom. The summed E-state index contributed by atoms with van der Waals surface area (Å²) in [7, 11) is 0. The molecule has 0 radical (unpaired) electrons. The number of phenols is 2. The lowest BCUT2D eigenvalue weighted by molar-refractivity contribution is 0.420. The van der Waals surface area contributed by atoms with E-state index in [1.807, 2.05) is 47.6 Å². The highest BCUT2D eigenvalue weighted by Crippen LogP contribution is 2.47. The Morgan fingerprint density at radius 1 is 0.773 bits per heavy atom. The van der Waals surface area contributed by atoms with Crippen molar-refractivity contribution < 1.29 is 10.2 Å². The van der Waals surface area contributed by atoms with Crippen LogP contribution in [0, 0.1) is 0 Å². The van der Waals surface area contributed by atoms with E-state index in [1.54, 1.807) is 0 Å². The maximum atomic E-state index is 10.7. The predicted octanol–water partition coefficient (Wildman–Crippen LogP) is 3.54. The first-order chi connectivity index (χ1) is 10.0. The van der Waals surface area contributed by atoms with Crippen LogP contribution in [0.4, 0.5) is 0 Å². The van der Waals surface area contributed by atoms with E-state index < -0.39 is 0 Å². The van der Waals surface area contributed by atoms with Gasteiger partial charge in [-0.2, -0.15) is 0 Å². The van der Waals surface area contributed by atoms with Crippen molar-refractivity contribution in [1.82, 2.24) is 15.0 Å². The minimum Gasteiger partial charge on any atom is -0.507 e. The van der Waals surface area contributed by atoms with Crippen LogP contribution >= 0.6 is 0 Å². The third-order valence-electron chi connectivity index (χ3n) is 3.61. The van der Waals surface area contributed by atoms with E-state index in [1.165, 1.54) is 12.7 Å². The first-order valence-corrected chi connectivity index (χ1v) is 7.25. The zero-order valence-corrected chi connectivity index (χ0v) is 14.0. The van der Waals surface area contributed by atoms with Gasteiger partial charge in [0.15, 0.2) is 5.82 Å². The molecular formula is C17H23N3O2. The molecule has 1 aromatic carbocycles. The highest BCUT2D eigenvalue weighted by molar-refractivity contribution is 5.76. The molecule has 0 spiro atoms. The molecule has 0 bridgehead atoms.